The summed E-state index contributed by atoms with van der Waals surface area (Å²) in [6.07, 6.45) is 19.4. The average molecular weight is 296 g/mol. The smallest absolute Gasteiger partial charge is 0.0187 e. The van der Waals surface area contributed by atoms with E-state index in [4.69, 9.17) is 0 Å². The van der Waals surface area contributed by atoms with Gasteiger partial charge in [-0.05, 0) is 38.5 Å². The maximum atomic E-state index is 4.26. The molecular formula is C20H41N. The van der Waals surface area contributed by atoms with Crippen LogP contribution in [0.2, 0.25) is 0 Å². The van der Waals surface area contributed by atoms with Crippen LogP contribution >= 0.6 is 0 Å². The Morgan fingerprint density at radius 1 is 0.571 bits per heavy atom. The standard InChI is InChI=1S/C20H41N/c1-5-9-13-19(14-10-6-2)17-18-20(21-19,15-11-7-3)16-12-8-4/h21H,5-18H2,1-4H3. The van der Waals surface area contributed by atoms with Crippen LogP contribution in [0.3, 0.4) is 0 Å². The van der Waals surface area contributed by atoms with E-state index in [1.807, 2.05) is 0 Å². The summed E-state index contributed by atoms with van der Waals surface area (Å²) in [7, 11) is 0. The first-order valence-corrected chi connectivity index (χ1v) is 9.95. The summed E-state index contributed by atoms with van der Waals surface area (Å²) in [6.45, 7) is 9.35. The molecular weight excluding hydrogens is 254 g/mol. The van der Waals surface area contributed by atoms with E-state index in [2.05, 4.69) is 33.0 Å². The molecule has 0 aromatic heterocycles. The molecule has 0 radical (unpaired) electrons. The van der Waals surface area contributed by atoms with E-state index in [0.29, 0.717) is 11.1 Å². The molecule has 1 rings (SSSR count). The lowest BCUT2D eigenvalue weighted by molar-refractivity contribution is 0.226. The van der Waals surface area contributed by atoms with E-state index in [9.17, 15) is 0 Å². The van der Waals surface area contributed by atoms with Gasteiger partial charge in [0.15, 0.2) is 0 Å². The fourth-order valence-electron chi connectivity index (χ4n) is 4.23. The molecule has 0 saturated carbocycles. The Morgan fingerprint density at radius 2 is 0.857 bits per heavy atom. The van der Waals surface area contributed by atoms with E-state index in [1.165, 1.54) is 89.9 Å². The molecule has 0 aliphatic carbocycles. The molecule has 1 aliphatic heterocycles. The van der Waals surface area contributed by atoms with E-state index in [-0.39, 0.29) is 0 Å². The first kappa shape index (κ1) is 19.0. The lowest BCUT2D eigenvalue weighted by atomic mass is 9.85. The third-order valence-electron chi connectivity index (χ3n) is 5.65. The second kappa shape index (κ2) is 9.87. The van der Waals surface area contributed by atoms with Crippen LogP contribution in [0.25, 0.3) is 0 Å². The Balaban J connectivity index is 2.72. The summed E-state index contributed by atoms with van der Waals surface area (Å²) in [5.74, 6) is 0. The summed E-state index contributed by atoms with van der Waals surface area (Å²) in [5, 5.41) is 4.26. The van der Waals surface area contributed by atoms with Crippen LogP contribution in [-0.4, -0.2) is 11.1 Å². The van der Waals surface area contributed by atoms with Gasteiger partial charge in [0.25, 0.3) is 0 Å². The third kappa shape index (κ3) is 5.93. The highest BCUT2D eigenvalue weighted by Gasteiger charge is 2.45. The zero-order chi connectivity index (χ0) is 15.6. The van der Waals surface area contributed by atoms with Gasteiger partial charge >= 0.3 is 0 Å². The van der Waals surface area contributed by atoms with Gasteiger partial charge in [0.05, 0.1) is 0 Å². The number of rotatable bonds is 12. The first-order chi connectivity index (χ1) is 10.2. The Bertz CT molecular complexity index is 217. The molecule has 0 aromatic carbocycles. The molecule has 126 valence electrons. The van der Waals surface area contributed by atoms with Gasteiger partial charge in [-0.1, -0.05) is 79.1 Å². The highest BCUT2D eigenvalue weighted by atomic mass is 15.1. The minimum Gasteiger partial charge on any atom is -0.306 e. The molecule has 0 amide bonds. The van der Waals surface area contributed by atoms with Crippen molar-refractivity contribution in [3.63, 3.8) is 0 Å². The normalized spacial score (nSPS) is 20.0. The van der Waals surface area contributed by atoms with Crippen LogP contribution in [0.5, 0.6) is 0 Å². The van der Waals surface area contributed by atoms with Crippen molar-refractivity contribution in [1.82, 2.24) is 5.32 Å². The number of hydrogen-bond donors (Lipinski definition) is 1. The highest BCUT2D eigenvalue weighted by molar-refractivity contribution is 5.05. The van der Waals surface area contributed by atoms with Gasteiger partial charge in [-0.15, -0.1) is 0 Å². The van der Waals surface area contributed by atoms with Crippen LogP contribution in [0.1, 0.15) is 118 Å². The maximum Gasteiger partial charge on any atom is 0.0187 e. The van der Waals surface area contributed by atoms with Gasteiger partial charge in [0.2, 0.25) is 0 Å². The molecule has 1 fully saturated rings. The topological polar surface area (TPSA) is 12.0 Å². The lowest BCUT2D eigenvalue weighted by Gasteiger charge is -2.37. The molecule has 0 spiro atoms. The van der Waals surface area contributed by atoms with Gasteiger partial charge in [0, 0.05) is 11.1 Å². The predicted octanol–water partition coefficient (Wildman–Crippen LogP) is 6.61. The van der Waals surface area contributed by atoms with Crippen LogP contribution in [-0.2, 0) is 0 Å². The number of nitrogens with one attached hydrogen (secondary N) is 1. The fourth-order valence-corrected chi connectivity index (χ4v) is 4.23. The van der Waals surface area contributed by atoms with Crippen LogP contribution < -0.4 is 5.32 Å². The highest BCUT2D eigenvalue weighted by Crippen LogP contribution is 2.42. The Morgan fingerprint density at radius 3 is 1.10 bits per heavy atom. The quantitative estimate of drug-likeness (QED) is 0.427. The van der Waals surface area contributed by atoms with Crippen molar-refractivity contribution < 1.29 is 0 Å². The zero-order valence-electron chi connectivity index (χ0n) is 15.4. The molecule has 0 unspecified atom stereocenters. The van der Waals surface area contributed by atoms with Crippen molar-refractivity contribution in [3.05, 3.63) is 0 Å². The first-order valence-electron chi connectivity index (χ1n) is 9.95. The Kier molecular flexibility index (Phi) is 8.94. The van der Waals surface area contributed by atoms with E-state index >= 15 is 0 Å². The number of unbranched alkanes of at least 4 members (excludes halogenated alkanes) is 4. The van der Waals surface area contributed by atoms with Crippen molar-refractivity contribution in [2.24, 2.45) is 0 Å². The predicted molar refractivity (Wildman–Crippen MR) is 95.9 cm³/mol. The molecule has 1 heterocycles. The third-order valence-corrected chi connectivity index (χ3v) is 5.65. The maximum absolute atomic E-state index is 4.26. The van der Waals surface area contributed by atoms with Crippen LogP contribution in [0.15, 0.2) is 0 Å². The summed E-state index contributed by atoms with van der Waals surface area (Å²) < 4.78 is 0. The molecule has 0 aromatic rings. The van der Waals surface area contributed by atoms with Crippen molar-refractivity contribution >= 4 is 0 Å². The van der Waals surface area contributed by atoms with Gasteiger partial charge in [-0.2, -0.15) is 0 Å². The second-order valence-corrected chi connectivity index (χ2v) is 7.60. The summed E-state index contributed by atoms with van der Waals surface area (Å²) >= 11 is 0. The molecule has 1 nitrogen and oxygen atoms in total. The Hall–Kier alpha value is -0.0400. The summed E-state index contributed by atoms with van der Waals surface area (Å²) in [4.78, 5) is 0. The minimum atomic E-state index is 0.480. The van der Waals surface area contributed by atoms with Crippen LogP contribution in [0.4, 0.5) is 0 Å². The van der Waals surface area contributed by atoms with E-state index in [0.717, 1.165) is 0 Å². The molecule has 0 bridgehead atoms. The molecule has 0 atom stereocenters. The van der Waals surface area contributed by atoms with Crippen molar-refractivity contribution in [3.8, 4) is 0 Å². The van der Waals surface area contributed by atoms with Crippen molar-refractivity contribution in [1.29, 1.82) is 0 Å². The van der Waals surface area contributed by atoms with E-state index in [1.54, 1.807) is 0 Å². The fraction of sp³-hybridized carbons (Fsp3) is 1.00. The van der Waals surface area contributed by atoms with Gasteiger partial charge in [0.1, 0.15) is 0 Å². The molecule has 1 heteroatoms. The average Bonchev–Trinajstić information content (AvgIpc) is 2.87. The second-order valence-electron chi connectivity index (χ2n) is 7.60. The molecule has 1 aliphatic rings. The monoisotopic (exact) mass is 295 g/mol. The lowest BCUT2D eigenvalue weighted by Crippen LogP contribution is -2.50. The minimum absolute atomic E-state index is 0.480. The van der Waals surface area contributed by atoms with Gasteiger partial charge in [-0.25, -0.2) is 0 Å². The van der Waals surface area contributed by atoms with E-state index < -0.39 is 0 Å². The van der Waals surface area contributed by atoms with Crippen molar-refractivity contribution in [2.45, 2.75) is 129 Å². The zero-order valence-corrected chi connectivity index (χ0v) is 15.4. The van der Waals surface area contributed by atoms with Crippen LogP contribution in [0, 0.1) is 0 Å². The summed E-state index contributed by atoms with van der Waals surface area (Å²) in [5.41, 5.74) is 0.959. The SMILES string of the molecule is CCCCC1(CCCC)CCC(CCCC)(CCCC)N1. The van der Waals surface area contributed by atoms with Crippen molar-refractivity contribution in [2.75, 3.05) is 0 Å². The largest absolute Gasteiger partial charge is 0.306 e. The van der Waals surface area contributed by atoms with Gasteiger partial charge < -0.3 is 5.32 Å². The molecule has 1 saturated heterocycles. The summed E-state index contributed by atoms with van der Waals surface area (Å²) in [6, 6.07) is 0. The van der Waals surface area contributed by atoms with Gasteiger partial charge in [-0.3, -0.25) is 0 Å². The molecule has 1 N–H and O–H groups in total. The Labute approximate surface area is 134 Å². The molecule has 21 heavy (non-hydrogen) atoms. The number of hydrogen-bond acceptors (Lipinski definition) is 1.